The van der Waals surface area contributed by atoms with Crippen molar-refractivity contribution in [3.8, 4) is 0 Å². The normalized spacial score (nSPS) is 35.9. The standard InChI is InChI=1S/C22H34N4O5S/c1-11-17-16(12(2)27)21(29)25(17)18(22(30)31)19(11)32-14-8-15(23-9-14)20(28)24-7-6-13(10-24)26(3,4)5/h11-17,23,27H,6-10H2,1-5H3/p+1/t11-,12-,13-,14+,15+,16-,17-/m1/s1. The summed E-state index contributed by atoms with van der Waals surface area (Å²) >= 11 is 1.48. The van der Waals surface area contributed by atoms with Gasteiger partial charge in [0.15, 0.2) is 0 Å². The van der Waals surface area contributed by atoms with Gasteiger partial charge < -0.3 is 29.8 Å². The zero-order valence-corrected chi connectivity index (χ0v) is 20.3. The van der Waals surface area contributed by atoms with Gasteiger partial charge in [0.1, 0.15) is 11.7 Å². The van der Waals surface area contributed by atoms with Crippen LogP contribution in [-0.2, 0) is 14.4 Å². The van der Waals surface area contributed by atoms with Crippen molar-refractivity contribution in [2.75, 3.05) is 40.8 Å². The summed E-state index contributed by atoms with van der Waals surface area (Å²) in [6.07, 6.45) is 0.829. The molecule has 0 saturated carbocycles. The van der Waals surface area contributed by atoms with E-state index in [9.17, 15) is 24.6 Å². The van der Waals surface area contributed by atoms with E-state index in [1.807, 2.05) is 11.8 Å². The number of carboxylic acid groups (broad SMARTS) is 1. The zero-order chi connectivity index (χ0) is 23.5. The molecule has 7 atom stereocenters. The second kappa shape index (κ2) is 8.30. The molecule has 32 heavy (non-hydrogen) atoms. The fourth-order valence-corrected chi connectivity index (χ4v) is 7.11. The minimum Gasteiger partial charge on any atom is -0.477 e. The minimum absolute atomic E-state index is 0.0505. The van der Waals surface area contributed by atoms with Crippen LogP contribution in [0.2, 0.25) is 0 Å². The van der Waals surface area contributed by atoms with E-state index in [1.165, 1.54) is 16.7 Å². The largest absolute Gasteiger partial charge is 0.477 e. The molecule has 0 radical (unpaired) electrons. The molecule has 3 fully saturated rings. The molecule has 4 heterocycles. The third-order valence-corrected chi connectivity index (χ3v) is 9.08. The Balaban J connectivity index is 1.42. The summed E-state index contributed by atoms with van der Waals surface area (Å²) < 4.78 is 0.841. The molecule has 0 bridgehead atoms. The van der Waals surface area contributed by atoms with E-state index in [0.717, 1.165) is 24.0 Å². The van der Waals surface area contributed by atoms with Gasteiger partial charge in [0.2, 0.25) is 11.8 Å². The van der Waals surface area contributed by atoms with Crippen LogP contribution >= 0.6 is 11.8 Å². The van der Waals surface area contributed by atoms with Crippen LogP contribution in [0.4, 0.5) is 0 Å². The second-order valence-corrected chi connectivity index (χ2v) is 11.9. The van der Waals surface area contributed by atoms with E-state index in [2.05, 4.69) is 26.5 Å². The summed E-state index contributed by atoms with van der Waals surface area (Å²) in [4.78, 5) is 41.6. The molecule has 2 amide bonds. The number of nitrogens with zero attached hydrogens (tertiary/aromatic N) is 3. The number of carbonyl (C=O) groups is 3. The Morgan fingerprint density at radius 2 is 1.97 bits per heavy atom. The Bertz CT molecular complexity index is 854. The maximum absolute atomic E-state index is 13.1. The van der Waals surface area contributed by atoms with Crippen molar-refractivity contribution >= 4 is 29.5 Å². The molecule has 0 unspecified atom stereocenters. The zero-order valence-electron chi connectivity index (χ0n) is 19.4. The predicted molar refractivity (Wildman–Crippen MR) is 120 cm³/mol. The third-order valence-electron chi connectivity index (χ3n) is 7.56. The number of rotatable bonds is 6. The molecule has 0 aromatic heterocycles. The van der Waals surface area contributed by atoms with Crippen molar-refractivity contribution < 1.29 is 29.1 Å². The van der Waals surface area contributed by atoms with Gasteiger partial charge in [-0.15, -0.1) is 11.8 Å². The smallest absolute Gasteiger partial charge is 0.353 e. The average molecular weight is 468 g/mol. The number of likely N-dealkylation sites (N-methyl/N-ethyl adjacent to an activating group) is 1. The lowest BCUT2D eigenvalue weighted by molar-refractivity contribution is -0.893. The molecule has 0 spiro atoms. The van der Waals surface area contributed by atoms with Gasteiger partial charge in [0, 0.05) is 35.6 Å². The molecule has 0 aromatic rings. The van der Waals surface area contributed by atoms with Crippen LogP contribution in [0.1, 0.15) is 26.7 Å². The van der Waals surface area contributed by atoms with E-state index in [1.54, 1.807) is 6.92 Å². The SMILES string of the molecule is C[C@@H](O)[C@H]1C(=O)N2C(C(=O)O)=C(S[C@@H]3CN[C@H](C(=O)N4CC[C@@H]([N+](C)(C)C)C4)C3)[C@H](C)[C@H]12. The Morgan fingerprint density at radius 1 is 1.28 bits per heavy atom. The fourth-order valence-electron chi connectivity index (χ4n) is 5.63. The summed E-state index contributed by atoms with van der Waals surface area (Å²) in [7, 11) is 6.48. The number of aliphatic hydroxyl groups excluding tert-OH is 1. The van der Waals surface area contributed by atoms with Gasteiger partial charge in [-0.3, -0.25) is 9.59 Å². The molecule has 9 nitrogen and oxygen atoms in total. The van der Waals surface area contributed by atoms with Crippen LogP contribution in [0.25, 0.3) is 0 Å². The van der Waals surface area contributed by atoms with E-state index in [4.69, 9.17) is 0 Å². The number of carboxylic acids is 1. The number of likely N-dealkylation sites (tertiary alicyclic amines) is 1. The van der Waals surface area contributed by atoms with Gasteiger partial charge in [-0.1, -0.05) is 6.92 Å². The monoisotopic (exact) mass is 467 g/mol. The first-order valence-corrected chi connectivity index (χ1v) is 12.3. The number of quaternary nitrogens is 1. The van der Waals surface area contributed by atoms with Crippen LogP contribution in [0.5, 0.6) is 0 Å². The van der Waals surface area contributed by atoms with E-state index in [0.29, 0.717) is 23.9 Å². The van der Waals surface area contributed by atoms with Crippen LogP contribution < -0.4 is 5.32 Å². The molecule has 178 valence electrons. The van der Waals surface area contributed by atoms with Gasteiger partial charge in [-0.05, 0) is 13.3 Å². The summed E-state index contributed by atoms with van der Waals surface area (Å²) in [5, 5.41) is 23.2. The molecule has 4 aliphatic heterocycles. The van der Waals surface area contributed by atoms with Gasteiger partial charge in [-0.25, -0.2) is 4.79 Å². The number of aliphatic carboxylic acids is 1. The van der Waals surface area contributed by atoms with Crippen LogP contribution in [-0.4, -0.2) is 113 Å². The molecular weight excluding hydrogens is 432 g/mol. The number of hydrogen-bond donors (Lipinski definition) is 3. The lowest BCUT2D eigenvalue weighted by Gasteiger charge is -2.46. The van der Waals surface area contributed by atoms with Gasteiger partial charge in [0.05, 0.1) is 51.8 Å². The molecule has 10 heteroatoms. The highest BCUT2D eigenvalue weighted by atomic mass is 32.2. The molecule has 4 aliphatic rings. The Morgan fingerprint density at radius 3 is 2.53 bits per heavy atom. The third kappa shape index (κ3) is 3.85. The number of nitrogens with one attached hydrogen (secondary N) is 1. The Labute approximate surface area is 193 Å². The first-order chi connectivity index (χ1) is 14.9. The lowest BCUT2D eigenvalue weighted by Crippen LogP contribution is -2.63. The number of β-lactam (4-membered cyclic amide) rings is 1. The molecule has 4 rings (SSSR count). The van der Waals surface area contributed by atoms with Crippen molar-refractivity contribution in [2.24, 2.45) is 11.8 Å². The summed E-state index contributed by atoms with van der Waals surface area (Å²) in [5.74, 6) is -2.01. The van der Waals surface area contributed by atoms with E-state index < -0.39 is 18.0 Å². The molecule has 3 saturated heterocycles. The molecular formula is C22H35N4O5S+. The number of amides is 2. The number of fused-ring (bicyclic) bond motifs is 1. The van der Waals surface area contributed by atoms with Gasteiger partial charge >= 0.3 is 5.97 Å². The lowest BCUT2D eigenvalue weighted by atomic mass is 9.79. The highest BCUT2D eigenvalue weighted by Gasteiger charge is 2.60. The fraction of sp³-hybridized carbons (Fsp3) is 0.773. The van der Waals surface area contributed by atoms with Crippen LogP contribution in [0.15, 0.2) is 10.6 Å². The van der Waals surface area contributed by atoms with Crippen molar-refractivity contribution in [2.45, 2.75) is 56.2 Å². The molecule has 3 N–H and O–H groups in total. The minimum atomic E-state index is -1.11. The average Bonchev–Trinajstić information content (AvgIpc) is 3.40. The highest BCUT2D eigenvalue weighted by molar-refractivity contribution is 8.03. The number of carbonyl (C=O) groups excluding carboxylic acids is 2. The van der Waals surface area contributed by atoms with Crippen LogP contribution in [0.3, 0.4) is 0 Å². The summed E-state index contributed by atoms with van der Waals surface area (Å²) in [6, 6.07) is -0.120. The maximum atomic E-state index is 13.1. The quantitative estimate of drug-likeness (QED) is 0.370. The number of aliphatic hydroxyl groups is 1. The number of thioether (sulfide) groups is 1. The van der Waals surface area contributed by atoms with Gasteiger partial charge in [-0.2, -0.15) is 0 Å². The van der Waals surface area contributed by atoms with E-state index in [-0.39, 0.29) is 40.8 Å². The van der Waals surface area contributed by atoms with E-state index >= 15 is 0 Å². The maximum Gasteiger partial charge on any atom is 0.353 e. The first kappa shape index (κ1) is 23.5. The van der Waals surface area contributed by atoms with Crippen molar-refractivity contribution in [1.29, 1.82) is 0 Å². The van der Waals surface area contributed by atoms with Gasteiger partial charge in [0.25, 0.3) is 0 Å². The van der Waals surface area contributed by atoms with Crippen LogP contribution in [0, 0.1) is 11.8 Å². The molecule has 0 aliphatic carbocycles. The topological polar surface area (TPSA) is 110 Å². The predicted octanol–water partition coefficient (Wildman–Crippen LogP) is -0.0891. The van der Waals surface area contributed by atoms with Crippen molar-refractivity contribution in [3.63, 3.8) is 0 Å². The highest BCUT2D eigenvalue weighted by Crippen LogP contribution is 2.51. The summed E-state index contributed by atoms with van der Waals surface area (Å²) in [6.45, 7) is 5.67. The summed E-state index contributed by atoms with van der Waals surface area (Å²) in [5.41, 5.74) is 0.0505. The van der Waals surface area contributed by atoms with Crippen molar-refractivity contribution in [1.82, 2.24) is 15.1 Å². The molecule has 0 aromatic carbocycles. The van der Waals surface area contributed by atoms with Crippen molar-refractivity contribution in [3.05, 3.63) is 10.6 Å². The number of hydrogen-bond acceptors (Lipinski definition) is 6. The Kier molecular flexibility index (Phi) is 6.11. The first-order valence-electron chi connectivity index (χ1n) is 11.4. The Hall–Kier alpha value is -1.62. The second-order valence-electron chi connectivity index (χ2n) is 10.6.